The maximum Gasteiger partial charge on any atom is 0.284 e. The van der Waals surface area contributed by atoms with E-state index in [0.29, 0.717) is 11.4 Å². The third-order valence-corrected chi connectivity index (χ3v) is 6.69. The lowest BCUT2D eigenvalue weighted by Gasteiger charge is -2.25. The summed E-state index contributed by atoms with van der Waals surface area (Å²) in [5, 5.41) is 18.8. The second kappa shape index (κ2) is 11.6. The van der Waals surface area contributed by atoms with E-state index in [2.05, 4.69) is 25.5 Å². The van der Waals surface area contributed by atoms with Crippen LogP contribution in [0.3, 0.4) is 0 Å². The summed E-state index contributed by atoms with van der Waals surface area (Å²) in [5.41, 5.74) is 4.95. The average Bonchev–Trinajstić information content (AvgIpc) is 3.03. The summed E-state index contributed by atoms with van der Waals surface area (Å²) in [6.45, 7) is 0. The number of aromatic nitrogens is 2. The van der Waals surface area contributed by atoms with Gasteiger partial charge in [-0.3, -0.25) is 24.9 Å². The van der Waals surface area contributed by atoms with E-state index in [1.54, 1.807) is 42.9 Å². The molecule has 6 aromatic rings. The monoisotopic (exact) mass is 552 g/mol. The maximum absolute atomic E-state index is 13.2. The molecule has 0 radical (unpaired) electrons. The number of carbonyl (C=O) groups excluding carboxylic acids is 1. The van der Waals surface area contributed by atoms with Gasteiger partial charge in [-0.1, -0.05) is 36.4 Å². The second-order valence-corrected chi connectivity index (χ2v) is 9.37. The minimum Gasteiger partial charge on any atom is -0.355 e. The molecule has 0 fully saturated rings. The van der Waals surface area contributed by atoms with Gasteiger partial charge in [0.1, 0.15) is 5.56 Å². The molecular weight excluding hydrogens is 528 g/mol. The number of hydrogen-bond donors (Lipinski definition) is 2. The van der Waals surface area contributed by atoms with Crippen molar-refractivity contribution in [3.63, 3.8) is 0 Å². The number of fused-ring (bicyclic) bond motifs is 1. The summed E-state index contributed by atoms with van der Waals surface area (Å²) in [6, 6.07) is 34.9. The predicted molar refractivity (Wildman–Crippen MR) is 165 cm³/mol. The molecule has 2 N–H and O–H groups in total. The zero-order valence-corrected chi connectivity index (χ0v) is 22.2. The first-order chi connectivity index (χ1) is 20.6. The number of nitrogens with zero attached hydrogens (tertiary/aromatic N) is 4. The van der Waals surface area contributed by atoms with Crippen molar-refractivity contribution in [1.29, 1.82) is 0 Å². The Balaban J connectivity index is 1.24. The fourth-order valence-corrected chi connectivity index (χ4v) is 4.72. The number of nitro benzene ring substituents is 1. The molecule has 0 aliphatic heterocycles. The molecule has 0 saturated heterocycles. The van der Waals surface area contributed by atoms with Gasteiger partial charge >= 0.3 is 0 Å². The van der Waals surface area contributed by atoms with Gasteiger partial charge in [0.2, 0.25) is 0 Å². The number of benzene rings is 4. The van der Waals surface area contributed by atoms with Crippen molar-refractivity contribution in [2.75, 3.05) is 15.5 Å². The second-order valence-electron chi connectivity index (χ2n) is 9.37. The van der Waals surface area contributed by atoms with Crippen LogP contribution in [-0.4, -0.2) is 20.8 Å². The quantitative estimate of drug-likeness (QED) is 0.145. The molecule has 0 saturated carbocycles. The molecule has 6 rings (SSSR count). The highest BCUT2D eigenvalue weighted by Crippen LogP contribution is 2.35. The summed E-state index contributed by atoms with van der Waals surface area (Å²) in [7, 11) is 0. The van der Waals surface area contributed by atoms with E-state index in [4.69, 9.17) is 0 Å². The Morgan fingerprint density at radius 1 is 0.714 bits per heavy atom. The van der Waals surface area contributed by atoms with E-state index >= 15 is 0 Å². The molecule has 9 heteroatoms. The molecule has 0 spiro atoms. The number of nitrogens with one attached hydrogen (secondary N) is 2. The molecule has 0 aliphatic carbocycles. The number of hydrogen-bond acceptors (Lipinski definition) is 7. The van der Waals surface area contributed by atoms with Crippen molar-refractivity contribution in [2.45, 2.75) is 0 Å². The molecule has 0 bridgehead atoms. The van der Waals surface area contributed by atoms with Crippen LogP contribution in [0.1, 0.15) is 10.4 Å². The van der Waals surface area contributed by atoms with E-state index in [-0.39, 0.29) is 11.3 Å². The molecule has 0 aliphatic rings. The average molecular weight is 553 g/mol. The number of amides is 1. The third kappa shape index (κ3) is 5.47. The lowest BCUT2D eigenvalue weighted by Crippen LogP contribution is -2.14. The normalized spacial score (nSPS) is 10.7. The Labute approximate surface area is 241 Å². The topological polar surface area (TPSA) is 113 Å². The van der Waals surface area contributed by atoms with Gasteiger partial charge in [-0.15, -0.1) is 0 Å². The Hall–Kier alpha value is -6.09. The SMILES string of the molecule is O=C(Nc1ccc(N(c2ccccc2)c2ccncc2)cc1)c1ccc(Nc2ccnc3ccccc23)cc1[N+](=O)[O-]. The highest BCUT2D eigenvalue weighted by atomic mass is 16.6. The van der Waals surface area contributed by atoms with Crippen LogP contribution >= 0.6 is 0 Å². The Morgan fingerprint density at radius 2 is 1.38 bits per heavy atom. The number of anilines is 6. The lowest BCUT2D eigenvalue weighted by atomic mass is 10.1. The molecule has 42 heavy (non-hydrogen) atoms. The zero-order valence-electron chi connectivity index (χ0n) is 22.2. The van der Waals surface area contributed by atoms with Crippen LogP contribution in [0.5, 0.6) is 0 Å². The third-order valence-electron chi connectivity index (χ3n) is 6.69. The minimum absolute atomic E-state index is 0.0445. The van der Waals surface area contributed by atoms with Gasteiger partial charge in [0.05, 0.1) is 10.4 Å². The molecule has 0 atom stereocenters. The van der Waals surface area contributed by atoms with E-state index in [0.717, 1.165) is 33.7 Å². The molecule has 4 aromatic carbocycles. The highest BCUT2D eigenvalue weighted by Gasteiger charge is 2.22. The van der Waals surface area contributed by atoms with Gasteiger partial charge in [0.15, 0.2) is 0 Å². The first-order valence-corrected chi connectivity index (χ1v) is 13.1. The highest BCUT2D eigenvalue weighted by molar-refractivity contribution is 6.07. The van der Waals surface area contributed by atoms with Gasteiger partial charge in [-0.2, -0.15) is 0 Å². The van der Waals surface area contributed by atoms with Crippen LogP contribution in [0.2, 0.25) is 0 Å². The molecule has 1 amide bonds. The van der Waals surface area contributed by atoms with E-state index in [1.165, 1.54) is 12.1 Å². The van der Waals surface area contributed by atoms with E-state index in [9.17, 15) is 14.9 Å². The van der Waals surface area contributed by atoms with Crippen molar-refractivity contribution in [3.05, 3.63) is 150 Å². The summed E-state index contributed by atoms with van der Waals surface area (Å²) < 4.78 is 0. The van der Waals surface area contributed by atoms with Crippen molar-refractivity contribution in [2.24, 2.45) is 0 Å². The zero-order chi connectivity index (χ0) is 28.9. The van der Waals surface area contributed by atoms with Crippen molar-refractivity contribution in [3.8, 4) is 0 Å². The van der Waals surface area contributed by atoms with Crippen molar-refractivity contribution in [1.82, 2.24) is 9.97 Å². The Morgan fingerprint density at radius 3 is 2.14 bits per heavy atom. The summed E-state index contributed by atoms with van der Waals surface area (Å²) in [5.74, 6) is -0.579. The molecule has 0 unspecified atom stereocenters. The van der Waals surface area contributed by atoms with Crippen LogP contribution in [0.15, 0.2) is 134 Å². The number of carbonyl (C=O) groups is 1. The number of rotatable bonds is 8. The van der Waals surface area contributed by atoms with Crippen LogP contribution in [0.25, 0.3) is 10.9 Å². The summed E-state index contributed by atoms with van der Waals surface area (Å²) >= 11 is 0. The van der Waals surface area contributed by atoms with Gasteiger partial charge in [-0.25, -0.2) is 0 Å². The van der Waals surface area contributed by atoms with Crippen LogP contribution in [0.4, 0.5) is 39.8 Å². The fourth-order valence-electron chi connectivity index (χ4n) is 4.72. The maximum atomic E-state index is 13.2. The van der Waals surface area contributed by atoms with Crippen molar-refractivity contribution >= 4 is 56.6 Å². The van der Waals surface area contributed by atoms with Crippen LogP contribution in [0, 0.1) is 10.1 Å². The standard InChI is InChI=1S/C33H24N6O3/c40-33(29-15-12-24(22-32(29)39(41)42)36-31-18-21-35-30-9-5-4-8-28(30)31)37-23-10-13-26(14-11-23)38(25-6-2-1-3-7-25)27-16-19-34-20-17-27/h1-22H,(H,35,36)(H,37,40). The van der Waals surface area contributed by atoms with Crippen LogP contribution < -0.4 is 15.5 Å². The largest absolute Gasteiger partial charge is 0.355 e. The van der Waals surface area contributed by atoms with E-state index < -0.39 is 10.8 Å². The fraction of sp³-hybridized carbons (Fsp3) is 0. The summed E-state index contributed by atoms with van der Waals surface area (Å²) in [6.07, 6.45) is 5.13. The molecule has 9 nitrogen and oxygen atoms in total. The van der Waals surface area contributed by atoms with Gasteiger partial charge in [-0.05, 0) is 72.8 Å². The summed E-state index contributed by atoms with van der Waals surface area (Å²) in [4.78, 5) is 35.1. The van der Waals surface area contributed by atoms with E-state index in [1.807, 2.05) is 78.9 Å². The van der Waals surface area contributed by atoms with Gasteiger partial charge in [0, 0.05) is 64.2 Å². The molecule has 2 aromatic heterocycles. The lowest BCUT2D eigenvalue weighted by molar-refractivity contribution is -0.385. The van der Waals surface area contributed by atoms with Crippen molar-refractivity contribution < 1.29 is 9.72 Å². The number of para-hydroxylation sites is 2. The Bertz CT molecular complexity index is 1840. The number of pyridine rings is 2. The molecule has 2 heterocycles. The smallest absolute Gasteiger partial charge is 0.284 e. The van der Waals surface area contributed by atoms with Crippen LogP contribution in [-0.2, 0) is 0 Å². The van der Waals surface area contributed by atoms with Gasteiger partial charge < -0.3 is 15.5 Å². The molecule has 204 valence electrons. The number of nitro groups is 1. The first-order valence-electron chi connectivity index (χ1n) is 13.1. The predicted octanol–water partition coefficient (Wildman–Crippen LogP) is 8.00. The van der Waals surface area contributed by atoms with Gasteiger partial charge in [0.25, 0.3) is 11.6 Å². The first kappa shape index (κ1) is 26.1. The minimum atomic E-state index is -0.579. The Kier molecular flexibility index (Phi) is 7.20. The molecular formula is C33H24N6O3.